The van der Waals surface area contributed by atoms with Gasteiger partial charge in [0.2, 0.25) is 0 Å². The van der Waals surface area contributed by atoms with Crippen LogP contribution >= 0.6 is 11.8 Å². The zero-order valence-corrected chi connectivity index (χ0v) is 10.4. The number of Topliss-reactive ketones (excluding diaryl/α,β-unsaturated/α-hetero) is 1. The molecule has 2 rings (SSSR count). The molecule has 0 aliphatic carbocycles. The minimum atomic E-state index is -0.580. The van der Waals surface area contributed by atoms with E-state index in [-0.39, 0.29) is 17.2 Å². The Morgan fingerprint density at radius 1 is 0.944 bits per heavy atom. The van der Waals surface area contributed by atoms with E-state index in [9.17, 15) is 13.6 Å². The van der Waals surface area contributed by atoms with Crippen molar-refractivity contribution in [1.29, 1.82) is 0 Å². The predicted octanol–water partition coefficient (Wildman–Crippen LogP) is 4.32. The zero-order chi connectivity index (χ0) is 13.1. The molecule has 0 radical (unpaired) electrons. The largest absolute Gasteiger partial charge is 0.294 e. The molecule has 0 bridgehead atoms. The molecule has 0 atom stereocenters. The van der Waals surface area contributed by atoms with Crippen LogP contribution in [0.15, 0.2) is 52.3 Å². The van der Waals surface area contributed by atoms with Gasteiger partial charge in [0.25, 0.3) is 0 Å². The fourth-order valence-electron chi connectivity index (χ4n) is 1.58. The van der Waals surface area contributed by atoms with Gasteiger partial charge in [0, 0.05) is 9.79 Å². The van der Waals surface area contributed by atoms with Gasteiger partial charge in [-0.3, -0.25) is 4.79 Å². The van der Waals surface area contributed by atoms with Gasteiger partial charge < -0.3 is 0 Å². The van der Waals surface area contributed by atoms with Crippen molar-refractivity contribution >= 4 is 17.5 Å². The van der Waals surface area contributed by atoms with E-state index in [2.05, 4.69) is 0 Å². The number of rotatable bonds is 3. The highest BCUT2D eigenvalue weighted by Crippen LogP contribution is 2.33. The summed E-state index contributed by atoms with van der Waals surface area (Å²) in [6.45, 7) is 1.30. The summed E-state index contributed by atoms with van der Waals surface area (Å²) in [6, 6.07) is 10.5. The summed E-state index contributed by atoms with van der Waals surface area (Å²) in [4.78, 5) is 12.2. The Kier molecular flexibility index (Phi) is 3.77. The molecule has 0 aromatic heterocycles. The first kappa shape index (κ1) is 12.8. The molecule has 4 heteroatoms. The van der Waals surface area contributed by atoms with Crippen LogP contribution in [0.5, 0.6) is 0 Å². The maximum absolute atomic E-state index is 13.6. The van der Waals surface area contributed by atoms with Crippen molar-refractivity contribution in [2.45, 2.75) is 16.7 Å². The summed E-state index contributed by atoms with van der Waals surface area (Å²) in [5.41, 5.74) is 0.00533. The van der Waals surface area contributed by atoms with Crippen LogP contribution in [0.1, 0.15) is 17.3 Å². The molecule has 0 aliphatic rings. The van der Waals surface area contributed by atoms with E-state index < -0.39 is 5.82 Å². The quantitative estimate of drug-likeness (QED) is 0.768. The lowest BCUT2D eigenvalue weighted by molar-refractivity contribution is 0.101. The van der Waals surface area contributed by atoms with Crippen LogP contribution in [0.25, 0.3) is 0 Å². The summed E-state index contributed by atoms with van der Waals surface area (Å²) < 4.78 is 27.1. The first-order chi connectivity index (χ1) is 8.59. The van der Waals surface area contributed by atoms with E-state index in [0.29, 0.717) is 9.79 Å². The van der Waals surface area contributed by atoms with Crippen LogP contribution < -0.4 is 0 Å². The number of hydrogen-bond donors (Lipinski definition) is 0. The maximum atomic E-state index is 13.6. The molecule has 1 nitrogen and oxygen atoms in total. The van der Waals surface area contributed by atoms with Crippen LogP contribution in [-0.2, 0) is 0 Å². The Morgan fingerprint density at radius 3 is 2.22 bits per heavy atom. The van der Waals surface area contributed by atoms with Gasteiger partial charge in [-0.25, -0.2) is 8.78 Å². The van der Waals surface area contributed by atoms with Crippen molar-refractivity contribution in [3.8, 4) is 0 Å². The third-order valence-electron chi connectivity index (χ3n) is 2.38. The highest BCUT2D eigenvalue weighted by Gasteiger charge is 2.14. The Bertz CT molecular complexity index is 596. The van der Waals surface area contributed by atoms with Gasteiger partial charge >= 0.3 is 0 Å². The number of ketones is 1. The zero-order valence-electron chi connectivity index (χ0n) is 9.61. The second-order valence-corrected chi connectivity index (χ2v) is 4.79. The molecule has 18 heavy (non-hydrogen) atoms. The lowest BCUT2D eigenvalue weighted by Crippen LogP contribution is -1.99. The lowest BCUT2D eigenvalue weighted by Gasteiger charge is -2.08. The summed E-state index contributed by atoms with van der Waals surface area (Å²) in [7, 11) is 0. The molecule has 0 spiro atoms. The molecule has 92 valence electrons. The fraction of sp³-hybridized carbons (Fsp3) is 0.0714. The van der Waals surface area contributed by atoms with Gasteiger partial charge in [-0.05, 0) is 31.2 Å². The Morgan fingerprint density at radius 2 is 1.56 bits per heavy atom. The molecule has 0 saturated carbocycles. The van der Waals surface area contributed by atoms with Crippen LogP contribution in [0.3, 0.4) is 0 Å². The first-order valence-corrected chi connectivity index (χ1v) is 6.13. The van der Waals surface area contributed by atoms with E-state index in [4.69, 9.17) is 0 Å². The molecule has 2 aromatic rings. The summed E-state index contributed by atoms with van der Waals surface area (Å²) in [6.07, 6.45) is 0. The molecular weight excluding hydrogens is 254 g/mol. The third kappa shape index (κ3) is 2.59. The molecule has 2 aromatic carbocycles. The average molecular weight is 264 g/mol. The number of carbonyl (C=O) groups excluding carboxylic acids is 1. The smallest absolute Gasteiger partial charge is 0.163 e. The van der Waals surface area contributed by atoms with Gasteiger partial charge in [0.1, 0.15) is 11.6 Å². The molecule has 0 heterocycles. The van der Waals surface area contributed by atoms with Gasteiger partial charge in [-0.1, -0.05) is 30.0 Å². The van der Waals surface area contributed by atoms with Gasteiger partial charge in [0.15, 0.2) is 5.78 Å². The molecule has 0 amide bonds. The van der Waals surface area contributed by atoms with Crippen molar-refractivity contribution in [3.63, 3.8) is 0 Å². The standard InChI is InChI=1S/C14H10F2OS/c1-9(17)14-11(16)6-4-8-13(14)18-12-7-3-2-5-10(12)15/h2-8H,1H3. The van der Waals surface area contributed by atoms with E-state index in [0.717, 1.165) is 11.8 Å². The van der Waals surface area contributed by atoms with Gasteiger partial charge in [0.05, 0.1) is 5.56 Å². The Labute approximate surface area is 108 Å². The maximum Gasteiger partial charge on any atom is 0.163 e. The minimum Gasteiger partial charge on any atom is -0.294 e. The molecule has 0 unspecified atom stereocenters. The van der Waals surface area contributed by atoms with Gasteiger partial charge in [-0.15, -0.1) is 0 Å². The van der Waals surface area contributed by atoms with E-state index in [1.165, 1.54) is 25.1 Å². The van der Waals surface area contributed by atoms with Crippen molar-refractivity contribution < 1.29 is 13.6 Å². The van der Waals surface area contributed by atoms with Crippen molar-refractivity contribution in [1.82, 2.24) is 0 Å². The van der Waals surface area contributed by atoms with Crippen molar-refractivity contribution in [2.24, 2.45) is 0 Å². The van der Waals surface area contributed by atoms with Crippen LogP contribution in [-0.4, -0.2) is 5.78 Å². The number of hydrogen-bond acceptors (Lipinski definition) is 2. The summed E-state index contributed by atoms with van der Waals surface area (Å²) in [5.74, 6) is -1.34. The second kappa shape index (κ2) is 5.31. The molecule has 0 N–H and O–H groups in total. The highest BCUT2D eigenvalue weighted by molar-refractivity contribution is 7.99. The predicted molar refractivity (Wildman–Crippen MR) is 66.9 cm³/mol. The third-order valence-corrected chi connectivity index (χ3v) is 3.50. The monoisotopic (exact) mass is 264 g/mol. The second-order valence-electron chi connectivity index (χ2n) is 3.70. The number of halogens is 2. The summed E-state index contributed by atoms with van der Waals surface area (Å²) >= 11 is 1.05. The highest BCUT2D eigenvalue weighted by atomic mass is 32.2. The summed E-state index contributed by atoms with van der Waals surface area (Å²) in [5, 5.41) is 0. The van der Waals surface area contributed by atoms with Crippen molar-refractivity contribution in [2.75, 3.05) is 0 Å². The van der Waals surface area contributed by atoms with Crippen LogP contribution in [0.2, 0.25) is 0 Å². The minimum absolute atomic E-state index is 0.00533. The number of carbonyl (C=O) groups is 1. The van der Waals surface area contributed by atoms with E-state index in [1.54, 1.807) is 24.3 Å². The first-order valence-electron chi connectivity index (χ1n) is 5.31. The lowest BCUT2D eigenvalue weighted by atomic mass is 10.1. The topological polar surface area (TPSA) is 17.1 Å². The van der Waals surface area contributed by atoms with Gasteiger partial charge in [-0.2, -0.15) is 0 Å². The van der Waals surface area contributed by atoms with Crippen molar-refractivity contribution in [3.05, 3.63) is 59.7 Å². The van der Waals surface area contributed by atoms with Crippen LogP contribution in [0, 0.1) is 11.6 Å². The van der Waals surface area contributed by atoms with Crippen LogP contribution in [0.4, 0.5) is 8.78 Å². The molecular formula is C14H10F2OS. The molecule has 0 aliphatic heterocycles. The van der Waals surface area contributed by atoms with E-state index in [1.807, 2.05) is 0 Å². The average Bonchev–Trinajstić information content (AvgIpc) is 2.31. The molecule has 0 fully saturated rings. The molecule has 0 saturated heterocycles. The fourth-order valence-corrected chi connectivity index (χ4v) is 2.62. The normalized spacial score (nSPS) is 10.4. The van der Waals surface area contributed by atoms with E-state index >= 15 is 0 Å². The number of benzene rings is 2. The Hall–Kier alpha value is -1.68. The SMILES string of the molecule is CC(=O)c1c(F)cccc1Sc1ccccc1F. The Balaban J connectivity index is 2.44.